The molecule has 92 valence electrons. The highest BCUT2D eigenvalue weighted by Crippen LogP contribution is 2.22. The summed E-state index contributed by atoms with van der Waals surface area (Å²) in [5, 5.41) is 0. The monoisotopic (exact) mass is 252 g/mol. The van der Waals surface area contributed by atoms with Gasteiger partial charge in [0.15, 0.2) is 0 Å². The predicted octanol–water partition coefficient (Wildman–Crippen LogP) is 0.945. The Hall–Kier alpha value is -1.27. The normalized spacial score (nSPS) is 19.1. The molecule has 0 bridgehead atoms. The van der Waals surface area contributed by atoms with Gasteiger partial charge in [-0.3, -0.25) is 4.79 Å². The Morgan fingerprint density at radius 2 is 2.47 bits per heavy atom. The summed E-state index contributed by atoms with van der Waals surface area (Å²) in [6.07, 6.45) is 1.06. The number of thioether (sulfide) groups is 1. The van der Waals surface area contributed by atoms with E-state index in [0.717, 1.165) is 17.9 Å². The zero-order valence-corrected chi connectivity index (χ0v) is 10.5. The first-order chi connectivity index (χ1) is 8.22. The minimum atomic E-state index is -0.0467. The smallest absolute Gasteiger partial charge is 0.272 e. The molecular formula is C11H16N4OS. The molecule has 0 aliphatic carbocycles. The molecule has 1 unspecified atom stereocenters. The summed E-state index contributed by atoms with van der Waals surface area (Å²) >= 11 is 1.88. The fourth-order valence-electron chi connectivity index (χ4n) is 1.81. The molecule has 17 heavy (non-hydrogen) atoms. The van der Waals surface area contributed by atoms with Gasteiger partial charge in [0.2, 0.25) is 0 Å². The van der Waals surface area contributed by atoms with Crippen LogP contribution in [-0.2, 0) is 0 Å². The fraction of sp³-hybridized carbons (Fsp3) is 0.455. The quantitative estimate of drug-likeness (QED) is 0.619. The van der Waals surface area contributed by atoms with Crippen molar-refractivity contribution in [1.82, 2.24) is 9.88 Å². The Kier molecular flexibility index (Phi) is 3.86. The van der Waals surface area contributed by atoms with Crippen LogP contribution in [0, 0.1) is 0 Å². The molecule has 6 heteroatoms. The van der Waals surface area contributed by atoms with Crippen molar-refractivity contribution in [3.63, 3.8) is 0 Å². The highest BCUT2D eigenvalue weighted by molar-refractivity contribution is 7.99. The van der Waals surface area contributed by atoms with Gasteiger partial charge < -0.3 is 10.3 Å². The van der Waals surface area contributed by atoms with Crippen molar-refractivity contribution in [2.45, 2.75) is 12.5 Å². The minimum absolute atomic E-state index is 0.0467. The number of carbonyl (C=O) groups excluding carboxylic acids is 1. The molecule has 0 aromatic carbocycles. The maximum Gasteiger partial charge on any atom is 0.272 e. The number of hydrogen-bond donors (Lipinski definition) is 2. The summed E-state index contributed by atoms with van der Waals surface area (Å²) in [7, 11) is 1.84. The van der Waals surface area contributed by atoms with Gasteiger partial charge in [-0.05, 0) is 24.3 Å². The topological polar surface area (TPSA) is 71.2 Å². The SMILES string of the molecule is CN(C(=O)c1cccc(NN)n1)C1CCSC1. The first kappa shape index (κ1) is 12.2. The zero-order valence-electron chi connectivity index (χ0n) is 9.72. The van der Waals surface area contributed by atoms with Crippen LogP contribution in [0.15, 0.2) is 18.2 Å². The van der Waals surface area contributed by atoms with Crippen LogP contribution >= 0.6 is 11.8 Å². The van der Waals surface area contributed by atoms with E-state index in [1.807, 2.05) is 18.8 Å². The van der Waals surface area contributed by atoms with Crippen LogP contribution in [0.25, 0.3) is 0 Å². The molecule has 1 saturated heterocycles. The number of hydrazine groups is 1. The summed E-state index contributed by atoms with van der Waals surface area (Å²) in [5.74, 6) is 7.87. The molecule has 1 amide bonds. The average molecular weight is 252 g/mol. The Morgan fingerprint density at radius 1 is 1.65 bits per heavy atom. The molecule has 0 radical (unpaired) electrons. The third-order valence-electron chi connectivity index (χ3n) is 2.89. The van der Waals surface area contributed by atoms with Gasteiger partial charge >= 0.3 is 0 Å². The molecule has 1 aliphatic rings. The summed E-state index contributed by atoms with van der Waals surface area (Å²) < 4.78 is 0. The molecule has 1 aromatic rings. The van der Waals surface area contributed by atoms with E-state index in [1.54, 1.807) is 23.1 Å². The summed E-state index contributed by atoms with van der Waals surface area (Å²) in [5.41, 5.74) is 2.88. The van der Waals surface area contributed by atoms with E-state index in [0.29, 0.717) is 17.6 Å². The van der Waals surface area contributed by atoms with Crippen LogP contribution in [0.4, 0.5) is 5.82 Å². The van der Waals surface area contributed by atoms with E-state index in [9.17, 15) is 4.79 Å². The Labute approximate surface area is 105 Å². The summed E-state index contributed by atoms with van der Waals surface area (Å²) in [6.45, 7) is 0. The largest absolute Gasteiger partial charge is 0.337 e. The van der Waals surface area contributed by atoms with Gasteiger partial charge in [-0.25, -0.2) is 10.8 Å². The number of carbonyl (C=O) groups is 1. The number of rotatable bonds is 3. The van der Waals surface area contributed by atoms with Gasteiger partial charge in [0.1, 0.15) is 11.5 Å². The van der Waals surface area contributed by atoms with E-state index in [4.69, 9.17) is 5.84 Å². The highest BCUT2D eigenvalue weighted by atomic mass is 32.2. The lowest BCUT2D eigenvalue weighted by atomic mass is 10.2. The van der Waals surface area contributed by atoms with E-state index in [1.165, 1.54) is 0 Å². The number of nitrogens with two attached hydrogens (primary N) is 1. The third-order valence-corrected chi connectivity index (χ3v) is 4.03. The van der Waals surface area contributed by atoms with Crippen molar-refractivity contribution >= 4 is 23.5 Å². The molecule has 1 aromatic heterocycles. The van der Waals surface area contributed by atoms with Crippen LogP contribution in [0.5, 0.6) is 0 Å². The van der Waals surface area contributed by atoms with Gasteiger partial charge in [0, 0.05) is 18.8 Å². The number of nitrogens with one attached hydrogen (secondary N) is 1. The molecule has 5 nitrogen and oxygen atoms in total. The highest BCUT2D eigenvalue weighted by Gasteiger charge is 2.25. The summed E-state index contributed by atoms with van der Waals surface area (Å²) in [4.78, 5) is 18.1. The molecule has 2 rings (SSSR count). The van der Waals surface area contributed by atoms with Crippen molar-refractivity contribution in [3.05, 3.63) is 23.9 Å². The third kappa shape index (κ3) is 2.70. The van der Waals surface area contributed by atoms with Gasteiger partial charge in [-0.15, -0.1) is 0 Å². The molecule has 0 spiro atoms. The van der Waals surface area contributed by atoms with Gasteiger partial charge in [0.05, 0.1) is 0 Å². The lowest BCUT2D eigenvalue weighted by molar-refractivity contribution is 0.0742. The Morgan fingerprint density at radius 3 is 3.12 bits per heavy atom. The second-order valence-electron chi connectivity index (χ2n) is 3.99. The first-order valence-corrected chi connectivity index (χ1v) is 6.66. The fourth-order valence-corrected chi connectivity index (χ4v) is 3.08. The second kappa shape index (κ2) is 5.37. The molecule has 1 atom stereocenters. The molecule has 1 aliphatic heterocycles. The number of pyridine rings is 1. The summed E-state index contributed by atoms with van der Waals surface area (Å²) in [6, 6.07) is 5.53. The molecular weight excluding hydrogens is 236 g/mol. The standard InChI is InChI=1S/C11H16N4OS/c1-15(8-5-6-17-7-8)11(16)9-3-2-4-10(13-9)14-12/h2-4,8H,5-7,12H2,1H3,(H,13,14). The van der Waals surface area contributed by atoms with E-state index < -0.39 is 0 Å². The van der Waals surface area contributed by atoms with Gasteiger partial charge in [0.25, 0.3) is 5.91 Å². The van der Waals surface area contributed by atoms with Crippen LogP contribution in [0.2, 0.25) is 0 Å². The Bertz CT molecular complexity index is 406. The van der Waals surface area contributed by atoms with Crippen molar-refractivity contribution in [1.29, 1.82) is 0 Å². The number of nitrogens with zero attached hydrogens (tertiary/aromatic N) is 2. The van der Waals surface area contributed by atoms with E-state index >= 15 is 0 Å². The molecule has 1 fully saturated rings. The van der Waals surface area contributed by atoms with Crippen LogP contribution in [0.3, 0.4) is 0 Å². The van der Waals surface area contributed by atoms with E-state index in [2.05, 4.69) is 10.4 Å². The maximum absolute atomic E-state index is 12.2. The minimum Gasteiger partial charge on any atom is -0.337 e. The molecule has 2 heterocycles. The van der Waals surface area contributed by atoms with Crippen LogP contribution in [-0.4, -0.2) is 40.4 Å². The molecule has 0 saturated carbocycles. The van der Waals surface area contributed by atoms with E-state index in [-0.39, 0.29) is 5.91 Å². The second-order valence-corrected chi connectivity index (χ2v) is 5.14. The van der Waals surface area contributed by atoms with Crippen molar-refractivity contribution in [2.75, 3.05) is 24.0 Å². The van der Waals surface area contributed by atoms with Crippen molar-refractivity contribution < 1.29 is 4.79 Å². The van der Waals surface area contributed by atoms with Gasteiger partial charge in [-0.2, -0.15) is 11.8 Å². The lowest BCUT2D eigenvalue weighted by Gasteiger charge is -2.23. The Balaban J connectivity index is 2.12. The zero-order chi connectivity index (χ0) is 12.3. The van der Waals surface area contributed by atoms with Crippen molar-refractivity contribution in [2.24, 2.45) is 5.84 Å². The lowest BCUT2D eigenvalue weighted by Crippen LogP contribution is -2.37. The van der Waals surface area contributed by atoms with Crippen LogP contribution in [0.1, 0.15) is 16.9 Å². The predicted molar refractivity (Wildman–Crippen MR) is 69.9 cm³/mol. The number of aromatic nitrogens is 1. The number of anilines is 1. The van der Waals surface area contributed by atoms with Crippen LogP contribution < -0.4 is 11.3 Å². The number of amides is 1. The number of hydrogen-bond acceptors (Lipinski definition) is 5. The maximum atomic E-state index is 12.2. The average Bonchev–Trinajstić information content (AvgIpc) is 2.91. The molecule has 3 N–H and O–H groups in total. The number of nitrogen functional groups attached to an aromatic ring is 1. The van der Waals surface area contributed by atoms with Gasteiger partial charge in [-0.1, -0.05) is 6.07 Å². The van der Waals surface area contributed by atoms with Crippen molar-refractivity contribution in [3.8, 4) is 0 Å². The first-order valence-electron chi connectivity index (χ1n) is 5.51.